The molecule has 0 aliphatic rings. The van der Waals surface area contributed by atoms with E-state index in [1.54, 1.807) is 31.3 Å². The van der Waals surface area contributed by atoms with Gasteiger partial charge in [0, 0.05) is 24.1 Å². The molecule has 0 saturated heterocycles. The van der Waals surface area contributed by atoms with Crippen LogP contribution in [-0.4, -0.2) is 32.4 Å². The van der Waals surface area contributed by atoms with Crippen LogP contribution in [0.3, 0.4) is 0 Å². The molecule has 1 aromatic rings. The van der Waals surface area contributed by atoms with Gasteiger partial charge in [0.2, 0.25) is 10.0 Å². The summed E-state index contributed by atoms with van der Waals surface area (Å²) in [5, 5.41) is 0. The fraction of sp³-hybridized carbons (Fsp3) is 0.538. The smallest absolute Gasteiger partial charge is 0.242 e. The maximum Gasteiger partial charge on any atom is 0.242 e. The minimum Gasteiger partial charge on any atom is -0.327 e. The number of sulfonamides is 1. The molecule has 1 rings (SSSR count). The van der Waals surface area contributed by atoms with Crippen LogP contribution in [0, 0.1) is 5.92 Å². The molecule has 0 radical (unpaired) electrons. The quantitative estimate of drug-likeness (QED) is 0.858. The molecule has 1 atom stereocenters. The van der Waals surface area contributed by atoms with Crippen LogP contribution in [0.2, 0.25) is 0 Å². The molecule has 0 heterocycles. The van der Waals surface area contributed by atoms with Gasteiger partial charge in [0.15, 0.2) is 0 Å². The van der Waals surface area contributed by atoms with E-state index in [9.17, 15) is 8.42 Å². The SMILES string of the molecule is CC(C)C(N)CCN(C)S(=O)(=O)c1ccc(Br)cc1. The van der Waals surface area contributed by atoms with Crippen LogP contribution in [0.5, 0.6) is 0 Å². The fourth-order valence-electron chi connectivity index (χ4n) is 1.57. The van der Waals surface area contributed by atoms with Gasteiger partial charge in [0.1, 0.15) is 0 Å². The van der Waals surface area contributed by atoms with E-state index in [0.29, 0.717) is 23.8 Å². The van der Waals surface area contributed by atoms with Gasteiger partial charge in [0.25, 0.3) is 0 Å². The first-order valence-electron chi connectivity index (χ1n) is 6.22. The van der Waals surface area contributed by atoms with E-state index in [4.69, 9.17) is 5.73 Å². The van der Waals surface area contributed by atoms with Crippen molar-refractivity contribution in [3.05, 3.63) is 28.7 Å². The van der Waals surface area contributed by atoms with Gasteiger partial charge in [-0.25, -0.2) is 12.7 Å². The highest BCUT2D eigenvalue weighted by atomic mass is 79.9. The van der Waals surface area contributed by atoms with E-state index in [-0.39, 0.29) is 6.04 Å². The lowest BCUT2D eigenvalue weighted by Gasteiger charge is -2.21. The number of hydrogen-bond acceptors (Lipinski definition) is 3. The molecular formula is C13H21BrN2O2S. The monoisotopic (exact) mass is 348 g/mol. The first-order chi connectivity index (χ1) is 8.75. The van der Waals surface area contributed by atoms with Gasteiger partial charge < -0.3 is 5.73 Å². The first-order valence-corrected chi connectivity index (χ1v) is 8.46. The Balaban J connectivity index is 2.74. The maximum absolute atomic E-state index is 12.3. The zero-order valence-corrected chi connectivity index (χ0v) is 13.9. The molecule has 0 fully saturated rings. The molecule has 0 spiro atoms. The molecule has 6 heteroatoms. The Kier molecular flexibility index (Phi) is 5.98. The Hall–Kier alpha value is -0.430. The number of nitrogens with zero attached hydrogens (tertiary/aromatic N) is 1. The molecule has 0 amide bonds. The predicted octanol–water partition coefficient (Wildman–Crippen LogP) is 2.44. The standard InChI is InChI=1S/C13H21BrN2O2S/c1-10(2)13(15)8-9-16(3)19(17,18)12-6-4-11(14)5-7-12/h4-7,10,13H,8-9,15H2,1-3H3. The number of nitrogens with two attached hydrogens (primary N) is 1. The minimum atomic E-state index is -3.42. The maximum atomic E-state index is 12.3. The highest BCUT2D eigenvalue weighted by Crippen LogP contribution is 2.18. The van der Waals surface area contributed by atoms with Crippen molar-refractivity contribution in [1.82, 2.24) is 4.31 Å². The molecule has 0 aliphatic heterocycles. The molecule has 2 N–H and O–H groups in total. The lowest BCUT2D eigenvalue weighted by Crippen LogP contribution is -2.34. The van der Waals surface area contributed by atoms with Crippen molar-refractivity contribution in [2.45, 2.75) is 31.2 Å². The molecule has 0 saturated carbocycles. The highest BCUT2D eigenvalue weighted by Gasteiger charge is 2.21. The summed E-state index contributed by atoms with van der Waals surface area (Å²) >= 11 is 3.29. The molecule has 0 bridgehead atoms. The molecule has 108 valence electrons. The Labute approximate surface area is 124 Å². The third kappa shape index (κ3) is 4.56. The van der Waals surface area contributed by atoms with Crippen molar-refractivity contribution in [3.8, 4) is 0 Å². The van der Waals surface area contributed by atoms with Gasteiger partial charge in [0.05, 0.1) is 4.90 Å². The van der Waals surface area contributed by atoms with Gasteiger partial charge in [-0.2, -0.15) is 0 Å². The van der Waals surface area contributed by atoms with Crippen LogP contribution in [0.1, 0.15) is 20.3 Å². The largest absolute Gasteiger partial charge is 0.327 e. The van der Waals surface area contributed by atoms with Crippen molar-refractivity contribution >= 4 is 26.0 Å². The van der Waals surface area contributed by atoms with E-state index in [0.717, 1.165) is 4.47 Å². The van der Waals surface area contributed by atoms with Gasteiger partial charge in [-0.3, -0.25) is 0 Å². The Morgan fingerprint density at radius 3 is 2.26 bits per heavy atom. The number of benzene rings is 1. The van der Waals surface area contributed by atoms with Crippen molar-refractivity contribution in [1.29, 1.82) is 0 Å². The molecule has 1 unspecified atom stereocenters. The van der Waals surface area contributed by atoms with Gasteiger partial charge in [-0.1, -0.05) is 29.8 Å². The number of halogens is 1. The van der Waals surface area contributed by atoms with Gasteiger partial charge >= 0.3 is 0 Å². The van der Waals surface area contributed by atoms with E-state index in [2.05, 4.69) is 15.9 Å². The topological polar surface area (TPSA) is 63.4 Å². The van der Waals surface area contributed by atoms with Crippen LogP contribution in [-0.2, 0) is 10.0 Å². The van der Waals surface area contributed by atoms with E-state index < -0.39 is 10.0 Å². The van der Waals surface area contributed by atoms with Gasteiger partial charge in [-0.05, 0) is 36.6 Å². The van der Waals surface area contributed by atoms with E-state index >= 15 is 0 Å². The lowest BCUT2D eigenvalue weighted by atomic mass is 10.0. The average molecular weight is 349 g/mol. The summed E-state index contributed by atoms with van der Waals surface area (Å²) in [6.07, 6.45) is 0.657. The number of rotatable bonds is 6. The molecule has 1 aromatic carbocycles. The molecule has 4 nitrogen and oxygen atoms in total. The van der Waals surface area contributed by atoms with Crippen LogP contribution in [0.25, 0.3) is 0 Å². The first kappa shape index (κ1) is 16.6. The summed E-state index contributed by atoms with van der Waals surface area (Å²) in [6.45, 7) is 4.50. The minimum absolute atomic E-state index is 0.0163. The summed E-state index contributed by atoms with van der Waals surface area (Å²) < 4.78 is 26.8. The van der Waals surface area contributed by atoms with Crippen LogP contribution >= 0.6 is 15.9 Å². The fourth-order valence-corrected chi connectivity index (χ4v) is 3.02. The zero-order valence-electron chi connectivity index (χ0n) is 11.5. The summed E-state index contributed by atoms with van der Waals surface area (Å²) in [5.74, 6) is 0.351. The van der Waals surface area contributed by atoms with E-state index in [1.165, 1.54) is 4.31 Å². The Morgan fingerprint density at radius 2 is 1.79 bits per heavy atom. The zero-order chi connectivity index (χ0) is 14.6. The molecular weight excluding hydrogens is 328 g/mol. The van der Waals surface area contributed by atoms with Gasteiger partial charge in [-0.15, -0.1) is 0 Å². The number of hydrogen-bond donors (Lipinski definition) is 1. The third-order valence-corrected chi connectivity index (χ3v) is 5.56. The van der Waals surface area contributed by atoms with Crippen molar-refractivity contribution in [2.24, 2.45) is 11.7 Å². The van der Waals surface area contributed by atoms with Crippen molar-refractivity contribution < 1.29 is 8.42 Å². The molecule has 0 aromatic heterocycles. The summed E-state index contributed by atoms with van der Waals surface area (Å²) in [4.78, 5) is 0.302. The summed E-state index contributed by atoms with van der Waals surface area (Å²) in [7, 11) is -1.83. The average Bonchev–Trinajstić information content (AvgIpc) is 2.35. The van der Waals surface area contributed by atoms with Crippen molar-refractivity contribution in [2.75, 3.05) is 13.6 Å². The normalized spacial score (nSPS) is 14.1. The molecule has 0 aliphatic carbocycles. The Morgan fingerprint density at radius 1 is 1.26 bits per heavy atom. The van der Waals surface area contributed by atoms with Crippen LogP contribution < -0.4 is 5.73 Å². The summed E-state index contributed by atoms with van der Waals surface area (Å²) in [5.41, 5.74) is 5.94. The molecule has 19 heavy (non-hydrogen) atoms. The second-order valence-electron chi connectivity index (χ2n) is 4.98. The predicted molar refractivity (Wildman–Crippen MR) is 81.4 cm³/mol. The lowest BCUT2D eigenvalue weighted by molar-refractivity contribution is 0.397. The third-order valence-electron chi connectivity index (χ3n) is 3.16. The summed E-state index contributed by atoms with van der Waals surface area (Å²) in [6, 6.07) is 6.65. The second kappa shape index (κ2) is 6.83. The van der Waals surface area contributed by atoms with Crippen molar-refractivity contribution in [3.63, 3.8) is 0 Å². The van der Waals surface area contributed by atoms with E-state index in [1.807, 2.05) is 13.8 Å². The second-order valence-corrected chi connectivity index (χ2v) is 7.94. The van der Waals surface area contributed by atoms with Crippen LogP contribution in [0.15, 0.2) is 33.6 Å². The van der Waals surface area contributed by atoms with Crippen LogP contribution in [0.4, 0.5) is 0 Å². The highest BCUT2D eigenvalue weighted by molar-refractivity contribution is 9.10. The Bertz CT molecular complexity index is 500.